The van der Waals surface area contributed by atoms with Gasteiger partial charge in [-0.1, -0.05) is 22.0 Å². The summed E-state index contributed by atoms with van der Waals surface area (Å²) in [4.78, 5) is 49.0. The molecule has 2 aromatic heterocycles. The van der Waals surface area contributed by atoms with Gasteiger partial charge in [0.15, 0.2) is 10.8 Å². The Morgan fingerprint density at radius 2 is 2.26 bits per heavy atom. The van der Waals surface area contributed by atoms with E-state index in [-0.39, 0.29) is 28.0 Å². The van der Waals surface area contributed by atoms with Crippen LogP contribution in [0.4, 0.5) is 5.13 Å². The molecule has 180 valence electrons. The zero-order chi connectivity index (χ0) is 24.4. The fourth-order valence-electron chi connectivity index (χ4n) is 3.26. The molecule has 2 atom stereocenters. The van der Waals surface area contributed by atoms with Crippen molar-refractivity contribution in [3.05, 3.63) is 22.3 Å². The zero-order valence-corrected chi connectivity index (χ0v) is 20.1. The number of hydrogen-bond acceptors (Lipinski definition) is 14. The van der Waals surface area contributed by atoms with Gasteiger partial charge in [0.25, 0.3) is 11.8 Å². The number of nitrogens with one attached hydrogen (secondary N) is 2. The number of nitrogens with two attached hydrogens (primary N) is 1. The van der Waals surface area contributed by atoms with E-state index in [1.54, 1.807) is 7.05 Å². The van der Waals surface area contributed by atoms with E-state index < -0.39 is 29.2 Å². The van der Waals surface area contributed by atoms with Crippen LogP contribution >= 0.6 is 34.9 Å². The Kier molecular flexibility index (Phi) is 6.89. The maximum Gasteiger partial charge on any atom is 0.352 e. The number of carboxylic acid groups (broad SMARTS) is 1. The number of hydrogen-bond donors (Lipinski definition) is 4. The van der Waals surface area contributed by atoms with Crippen LogP contribution in [-0.4, -0.2) is 95.9 Å². The van der Waals surface area contributed by atoms with E-state index in [4.69, 9.17) is 10.6 Å². The summed E-state index contributed by atoms with van der Waals surface area (Å²) in [5.41, 5.74) is 8.90. The van der Waals surface area contributed by atoms with Gasteiger partial charge in [0.05, 0.1) is 0 Å². The van der Waals surface area contributed by atoms with Crippen LogP contribution in [0.25, 0.3) is 0 Å². The summed E-state index contributed by atoms with van der Waals surface area (Å²) in [7, 11) is 2.91. The molecule has 0 unspecified atom stereocenters. The second kappa shape index (κ2) is 9.85. The predicted molar refractivity (Wildman–Crippen MR) is 124 cm³/mol. The lowest BCUT2D eigenvalue weighted by Crippen LogP contribution is -2.71. The minimum atomic E-state index is -1.23. The molecular weight excluding hydrogens is 508 g/mol. The Bertz CT molecular complexity index is 1190. The number of tetrazole rings is 1. The highest BCUT2D eigenvalue weighted by atomic mass is 32.2. The number of fused-ring (bicyclic) bond motifs is 1. The maximum atomic E-state index is 12.9. The van der Waals surface area contributed by atoms with Gasteiger partial charge in [-0.25, -0.2) is 9.78 Å². The second-order valence-electron chi connectivity index (χ2n) is 6.70. The smallest absolute Gasteiger partial charge is 0.352 e. The minimum Gasteiger partial charge on any atom is -0.477 e. The molecule has 5 N–H and O–H groups in total. The number of oxime groups is 1. The number of aromatic nitrogens is 5. The highest BCUT2D eigenvalue weighted by Gasteiger charge is 2.54. The van der Waals surface area contributed by atoms with Gasteiger partial charge in [-0.3, -0.25) is 14.5 Å². The molecule has 0 radical (unpaired) electrons. The second-order valence-corrected chi connectivity index (χ2v) is 9.63. The standard InChI is InChI=1S/C16H18N10O5S3/c1-18-26-16(21-23-24-26)34-4-6-3-32-13-9(12(28)25(13)10(6)14(29)30)20-11(27)8(22-31-2)7-5-33-15(17)19-7/h5,9,13,18H,3-4H2,1-2H3,(H2,17,19)(H,20,27)(H,29,30)/b22-8+/t9-,13-/m1/s1. The first-order valence-corrected chi connectivity index (χ1v) is 12.4. The molecule has 15 nitrogen and oxygen atoms in total. The van der Waals surface area contributed by atoms with Crippen LogP contribution < -0.4 is 16.5 Å². The summed E-state index contributed by atoms with van der Waals surface area (Å²) >= 11 is 3.70. The maximum absolute atomic E-state index is 12.9. The van der Waals surface area contributed by atoms with Gasteiger partial charge in [-0.15, -0.1) is 27.9 Å². The number of aliphatic carboxylic acids is 1. The predicted octanol–water partition coefficient (Wildman–Crippen LogP) is -1.23. The Morgan fingerprint density at radius 1 is 1.47 bits per heavy atom. The summed E-state index contributed by atoms with van der Waals surface area (Å²) in [5.74, 6) is -1.85. The van der Waals surface area contributed by atoms with E-state index in [0.717, 1.165) is 11.3 Å². The molecule has 34 heavy (non-hydrogen) atoms. The number of carbonyl (C=O) groups excluding carboxylic acids is 2. The van der Waals surface area contributed by atoms with Gasteiger partial charge >= 0.3 is 5.97 Å². The van der Waals surface area contributed by atoms with Crippen LogP contribution in [-0.2, 0) is 19.2 Å². The number of β-lactam (4-membered cyclic amide) rings is 1. The average Bonchev–Trinajstić information content (AvgIpc) is 3.46. The van der Waals surface area contributed by atoms with Crippen molar-refractivity contribution in [2.75, 3.05) is 36.8 Å². The third-order valence-electron chi connectivity index (χ3n) is 4.73. The van der Waals surface area contributed by atoms with Crippen LogP contribution in [0, 0.1) is 0 Å². The summed E-state index contributed by atoms with van der Waals surface area (Å²) in [5, 5.41) is 28.9. The summed E-state index contributed by atoms with van der Waals surface area (Å²) < 4.78 is 0. The summed E-state index contributed by atoms with van der Waals surface area (Å²) in [6, 6.07) is -0.935. The highest BCUT2D eigenvalue weighted by molar-refractivity contribution is 8.01. The van der Waals surface area contributed by atoms with E-state index in [1.165, 1.54) is 45.7 Å². The van der Waals surface area contributed by atoms with E-state index in [2.05, 4.69) is 36.4 Å². The molecule has 2 aliphatic heterocycles. The Hall–Kier alpha value is -3.38. The van der Waals surface area contributed by atoms with Gasteiger partial charge in [-0.2, -0.15) is 0 Å². The Morgan fingerprint density at radius 3 is 2.91 bits per heavy atom. The number of rotatable bonds is 9. The van der Waals surface area contributed by atoms with Gasteiger partial charge < -0.3 is 26.4 Å². The molecule has 0 spiro atoms. The lowest BCUT2D eigenvalue weighted by Gasteiger charge is -2.49. The van der Waals surface area contributed by atoms with Gasteiger partial charge in [-0.05, 0) is 16.0 Å². The molecule has 4 rings (SSSR count). The molecule has 2 amide bonds. The van der Waals surface area contributed by atoms with Crippen LogP contribution in [0.5, 0.6) is 0 Å². The molecule has 2 aromatic rings. The number of thiazole rings is 1. The third kappa shape index (κ3) is 4.38. The van der Waals surface area contributed by atoms with E-state index in [1.807, 2.05) is 0 Å². The molecule has 18 heteroatoms. The van der Waals surface area contributed by atoms with Gasteiger partial charge in [0.2, 0.25) is 5.16 Å². The molecule has 0 bridgehead atoms. The lowest BCUT2D eigenvalue weighted by molar-refractivity contribution is -0.150. The van der Waals surface area contributed by atoms with Gasteiger partial charge in [0, 0.05) is 23.9 Å². The third-order valence-corrected chi connectivity index (χ3v) is 7.75. The van der Waals surface area contributed by atoms with Gasteiger partial charge in [0.1, 0.15) is 29.9 Å². The monoisotopic (exact) mass is 526 g/mol. The van der Waals surface area contributed by atoms with E-state index in [0.29, 0.717) is 16.5 Å². The first kappa shape index (κ1) is 23.8. The largest absolute Gasteiger partial charge is 0.477 e. The SMILES string of the molecule is CNn1nnnc1SCC1=C(C(=O)O)N2C(=O)[C@@H](NC(=O)/C(=N/OC)c3csc(N)n3)[C@H]2SC1. The number of carboxylic acids is 1. The molecule has 1 saturated heterocycles. The van der Waals surface area contributed by atoms with Crippen molar-refractivity contribution in [3.63, 3.8) is 0 Å². The van der Waals surface area contributed by atoms with Crippen molar-refractivity contribution < 1.29 is 24.3 Å². The van der Waals surface area contributed by atoms with Crippen molar-refractivity contribution in [3.8, 4) is 0 Å². The molecule has 0 saturated carbocycles. The van der Waals surface area contributed by atoms with E-state index in [9.17, 15) is 19.5 Å². The Labute approximate surface area is 204 Å². The number of nitrogens with zero attached hydrogens (tertiary/aromatic N) is 7. The van der Waals surface area contributed by atoms with Crippen LogP contribution in [0.3, 0.4) is 0 Å². The number of amides is 2. The summed E-state index contributed by atoms with van der Waals surface area (Å²) in [6.45, 7) is 0. The summed E-state index contributed by atoms with van der Waals surface area (Å²) in [6.07, 6.45) is 0. The van der Waals surface area contributed by atoms with Crippen molar-refractivity contribution in [2.24, 2.45) is 5.16 Å². The molecule has 2 aliphatic rings. The van der Waals surface area contributed by atoms with E-state index >= 15 is 0 Å². The minimum absolute atomic E-state index is 0.103. The molecule has 0 aliphatic carbocycles. The van der Waals surface area contributed by atoms with Crippen LogP contribution in [0.2, 0.25) is 0 Å². The number of nitrogen functional groups attached to an aromatic ring is 1. The fourth-order valence-corrected chi connectivity index (χ4v) is 6.17. The molecular formula is C16H18N10O5S3. The van der Waals surface area contributed by atoms with Crippen LogP contribution in [0.15, 0.2) is 27.0 Å². The van der Waals surface area contributed by atoms with Crippen molar-refractivity contribution in [1.29, 1.82) is 0 Å². The fraction of sp³-hybridized carbons (Fsp3) is 0.375. The molecule has 1 fully saturated rings. The first-order chi connectivity index (χ1) is 16.3. The molecule has 4 heterocycles. The Balaban J connectivity index is 1.49. The lowest BCUT2D eigenvalue weighted by atomic mass is 10.0. The quantitative estimate of drug-likeness (QED) is 0.131. The normalized spacial score (nSPS) is 20.0. The number of anilines is 1. The first-order valence-electron chi connectivity index (χ1n) is 9.48. The van der Waals surface area contributed by atoms with Crippen LogP contribution in [0.1, 0.15) is 5.69 Å². The topological polar surface area (TPSA) is 203 Å². The highest BCUT2D eigenvalue weighted by Crippen LogP contribution is 2.41. The zero-order valence-electron chi connectivity index (χ0n) is 17.7. The average molecular weight is 527 g/mol. The van der Waals surface area contributed by atoms with Crippen molar-refractivity contribution in [2.45, 2.75) is 16.6 Å². The van der Waals surface area contributed by atoms with Crippen molar-refractivity contribution >= 4 is 63.5 Å². The molecule has 0 aromatic carbocycles. The number of thioether (sulfide) groups is 2. The number of carbonyl (C=O) groups is 3. The van der Waals surface area contributed by atoms with Crippen molar-refractivity contribution in [1.82, 2.24) is 35.5 Å².